The van der Waals surface area contributed by atoms with Crippen LogP contribution in [-0.2, 0) is 9.53 Å². The standard InChI is InChI=1S/C14H17NO3S/c16-13(2-1-12-3-8-17-11-12)15-6-4-14(5-7-15)18-9-10-19-14/h1-3,8,11H,4-7,9-10H2. The number of likely N-dealkylation sites (tertiary alicyclic amines) is 1. The van der Waals surface area contributed by atoms with Crippen molar-refractivity contribution in [1.29, 1.82) is 0 Å². The van der Waals surface area contributed by atoms with Gasteiger partial charge in [-0.1, -0.05) is 0 Å². The number of ether oxygens (including phenoxy) is 1. The smallest absolute Gasteiger partial charge is 0.246 e. The highest BCUT2D eigenvalue weighted by molar-refractivity contribution is 8.00. The van der Waals surface area contributed by atoms with E-state index in [0.29, 0.717) is 0 Å². The number of nitrogens with zero attached hydrogens (tertiary/aromatic N) is 1. The van der Waals surface area contributed by atoms with Gasteiger partial charge in [-0.15, -0.1) is 11.8 Å². The van der Waals surface area contributed by atoms with Gasteiger partial charge in [0.1, 0.15) is 4.93 Å². The summed E-state index contributed by atoms with van der Waals surface area (Å²) in [5.74, 6) is 1.15. The van der Waals surface area contributed by atoms with E-state index in [0.717, 1.165) is 43.9 Å². The molecule has 1 spiro atoms. The highest BCUT2D eigenvalue weighted by atomic mass is 32.2. The highest BCUT2D eigenvalue weighted by Gasteiger charge is 2.39. The van der Waals surface area contributed by atoms with Crippen molar-refractivity contribution in [3.63, 3.8) is 0 Å². The summed E-state index contributed by atoms with van der Waals surface area (Å²) in [4.78, 5) is 13.9. The van der Waals surface area contributed by atoms with Crippen LogP contribution in [-0.4, -0.2) is 41.2 Å². The lowest BCUT2D eigenvalue weighted by molar-refractivity contribution is -0.128. The fourth-order valence-corrected chi connectivity index (χ4v) is 3.67. The second-order valence-electron chi connectivity index (χ2n) is 4.82. The van der Waals surface area contributed by atoms with E-state index in [1.165, 1.54) is 0 Å². The second-order valence-corrected chi connectivity index (χ2v) is 6.26. The Morgan fingerprint density at radius 2 is 2.26 bits per heavy atom. The molecular formula is C14H17NO3S. The Labute approximate surface area is 116 Å². The first-order valence-corrected chi connectivity index (χ1v) is 7.53. The quantitative estimate of drug-likeness (QED) is 0.780. The molecular weight excluding hydrogens is 262 g/mol. The molecule has 0 atom stereocenters. The van der Waals surface area contributed by atoms with Gasteiger partial charge in [-0.25, -0.2) is 0 Å². The molecule has 3 rings (SSSR count). The topological polar surface area (TPSA) is 42.7 Å². The van der Waals surface area contributed by atoms with Crippen LogP contribution in [0.4, 0.5) is 0 Å². The van der Waals surface area contributed by atoms with Crippen LogP contribution < -0.4 is 0 Å². The Hall–Kier alpha value is -1.20. The maximum Gasteiger partial charge on any atom is 0.246 e. The summed E-state index contributed by atoms with van der Waals surface area (Å²) in [5, 5.41) is 0. The molecule has 2 aliphatic heterocycles. The normalized spacial score (nSPS) is 22.4. The minimum absolute atomic E-state index is 0.00888. The van der Waals surface area contributed by atoms with Gasteiger partial charge < -0.3 is 14.1 Å². The summed E-state index contributed by atoms with van der Waals surface area (Å²) < 4.78 is 10.8. The van der Waals surface area contributed by atoms with Gasteiger partial charge in [0.25, 0.3) is 0 Å². The molecule has 2 saturated heterocycles. The number of rotatable bonds is 2. The van der Waals surface area contributed by atoms with Crippen LogP contribution >= 0.6 is 11.8 Å². The Morgan fingerprint density at radius 3 is 2.89 bits per heavy atom. The third-order valence-electron chi connectivity index (χ3n) is 3.61. The molecule has 0 unspecified atom stereocenters. The average Bonchev–Trinajstić information content (AvgIpc) is 3.09. The number of carbonyl (C=O) groups excluding carboxylic acids is 1. The van der Waals surface area contributed by atoms with Crippen molar-refractivity contribution in [3.8, 4) is 0 Å². The van der Waals surface area contributed by atoms with Crippen LogP contribution in [0.2, 0.25) is 0 Å². The monoisotopic (exact) mass is 279 g/mol. The molecule has 19 heavy (non-hydrogen) atoms. The van der Waals surface area contributed by atoms with E-state index in [1.54, 1.807) is 24.7 Å². The summed E-state index contributed by atoms with van der Waals surface area (Å²) in [5.41, 5.74) is 0.913. The number of furan rings is 1. The third kappa shape index (κ3) is 2.87. The highest BCUT2D eigenvalue weighted by Crippen LogP contribution is 2.41. The summed E-state index contributed by atoms with van der Waals surface area (Å²) in [7, 11) is 0. The van der Waals surface area contributed by atoms with E-state index in [1.807, 2.05) is 22.7 Å². The molecule has 0 radical (unpaired) electrons. The molecule has 2 aliphatic rings. The van der Waals surface area contributed by atoms with Crippen molar-refractivity contribution in [2.75, 3.05) is 25.4 Å². The van der Waals surface area contributed by atoms with Crippen molar-refractivity contribution < 1.29 is 13.9 Å². The molecule has 0 bridgehead atoms. The maximum atomic E-state index is 12.1. The zero-order valence-electron chi connectivity index (χ0n) is 10.7. The van der Waals surface area contributed by atoms with Gasteiger partial charge in [0, 0.05) is 43.3 Å². The Morgan fingerprint density at radius 1 is 1.42 bits per heavy atom. The van der Waals surface area contributed by atoms with E-state index in [9.17, 15) is 4.79 Å². The zero-order valence-corrected chi connectivity index (χ0v) is 11.5. The number of piperidine rings is 1. The molecule has 1 amide bonds. The Balaban J connectivity index is 1.54. The van der Waals surface area contributed by atoms with Crippen molar-refractivity contribution in [3.05, 3.63) is 30.2 Å². The van der Waals surface area contributed by atoms with Crippen molar-refractivity contribution in [1.82, 2.24) is 4.90 Å². The van der Waals surface area contributed by atoms with Crippen LogP contribution in [0.5, 0.6) is 0 Å². The number of carbonyl (C=O) groups is 1. The lowest BCUT2D eigenvalue weighted by Gasteiger charge is -2.37. The second kappa shape index (κ2) is 5.43. The molecule has 0 N–H and O–H groups in total. The minimum Gasteiger partial charge on any atom is -0.472 e. The number of hydrogen-bond donors (Lipinski definition) is 0. The van der Waals surface area contributed by atoms with Crippen LogP contribution in [0.3, 0.4) is 0 Å². The molecule has 1 aromatic heterocycles. The SMILES string of the molecule is O=C(C=Cc1ccoc1)N1CCC2(CC1)OCCS2. The summed E-state index contributed by atoms with van der Waals surface area (Å²) in [6, 6.07) is 1.83. The van der Waals surface area contributed by atoms with Gasteiger partial charge in [0.05, 0.1) is 19.1 Å². The zero-order chi connectivity index (χ0) is 13.1. The van der Waals surface area contributed by atoms with E-state index in [4.69, 9.17) is 9.15 Å². The van der Waals surface area contributed by atoms with Crippen molar-refractivity contribution in [2.45, 2.75) is 17.8 Å². The molecule has 0 aliphatic carbocycles. The Bertz CT molecular complexity index is 453. The summed E-state index contributed by atoms with van der Waals surface area (Å²) in [6.07, 6.45) is 8.50. The van der Waals surface area contributed by atoms with Crippen molar-refractivity contribution >= 4 is 23.7 Å². The van der Waals surface area contributed by atoms with Gasteiger partial charge in [-0.05, 0) is 12.1 Å². The largest absolute Gasteiger partial charge is 0.472 e. The predicted octanol–water partition coefficient (Wildman–Crippen LogP) is 2.37. The maximum absolute atomic E-state index is 12.1. The third-order valence-corrected chi connectivity index (χ3v) is 5.04. The number of amides is 1. The minimum atomic E-state index is -0.00888. The van der Waals surface area contributed by atoms with Gasteiger partial charge >= 0.3 is 0 Å². The summed E-state index contributed by atoms with van der Waals surface area (Å²) >= 11 is 1.90. The molecule has 102 valence electrons. The van der Waals surface area contributed by atoms with Crippen LogP contribution in [0, 0.1) is 0 Å². The van der Waals surface area contributed by atoms with Crippen LogP contribution in [0.1, 0.15) is 18.4 Å². The lowest BCUT2D eigenvalue weighted by Crippen LogP contribution is -2.44. The van der Waals surface area contributed by atoms with E-state index < -0.39 is 0 Å². The fourth-order valence-electron chi connectivity index (χ4n) is 2.50. The predicted molar refractivity (Wildman–Crippen MR) is 74.7 cm³/mol. The first-order valence-electron chi connectivity index (χ1n) is 6.55. The first kappa shape index (κ1) is 12.8. The molecule has 4 nitrogen and oxygen atoms in total. The van der Waals surface area contributed by atoms with E-state index >= 15 is 0 Å². The van der Waals surface area contributed by atoms with Gasteiger partial charge in [-0.2, -0.15) is 0 Å². The van der Waals surface area contributed by atoms with Crippen molar-refractivity contribution in [2.24, 2.45) is 0 Å². The molecule has 3 heterocycles. The molecule has 1 aromatic rings. The van der Waals surface area contributed by atoms with E-state index in [2.05, 4.69) is 0 Å². The van der Waals surface area contributed by atoms with Crippen LogP contribution in [0.25, 0.3) is 6.08 Å². The first-order chi connectivity index (χ1) is 9.27. The van der Waals surface area contributed by atoms with Gasteiger partial charge in [-0.3, -0.25) is 4.79 Å². The molecule has 2 fully saturated rings. The molecule has 0 aromatic carbocycles. The number of hydrogen-bond acceptors (Lipinski definition) is 4. The Kier molecular flexibility index (Phi) is 3.66. The van der Waals surface area contributed by atoms with Gasteiger partial charge in [0.2, 0.25) is 5.91 Å². The fraction of sp³-hybridized carbons (Fsp3) is 0.500. The molecule has 0 saturated carbocycles. The molecule has 5 heteroatoms. The lowest BCUT2D eigenvalue weighted by atomic mass is 10.1. The summed E-state index contributed by atoms with van der Waals surface area (Å²) in [6.45, 7) is 2.40. The average molecular weight is 279 g/mol. The van der Waals surface area contributed by atoms with Crippen LogP contribution in [0.15, 0.2) is 29.1 Å². The van der Waals surface area contributed by atoms with Gasteiger partial charge in [0.15, 0.2) is 0 Å². The van der Waals surface area contributed by atoms with E-state index in [-0.39, 0.29) is 10.8 Å². The number of thioether (sulfide) groups is 1.